The number of fused-ring (bicyclic) bond motifs is 1. The molecule has 0 heterocycles. The fraction of sp³-hybridized carbons (Fsp3) is 0.143. The topological polar surface area (TPSA) is 63.6 Å². The number of ether oxygens (including phenoxy) is 1. The Bertz CT molecular complexity index is 926. The summed E-state index contributed by atoms with van der Waals surface area (Å²) in [5.41, 5.74) is 1.68. The lowest BCUT2D eigenvalue weighted by atomic mass is 10.1. The Morgan fingerprint density at radius 3 is 2.40 bits per heavy atom. The number of hydrogen-bond donors (Lipinski definition) is 1. The lowest BCUT2D eigenvalue weighted by Crippen LogP contribution is -2.14. The van der Waals surface area contributed by atoms with E-state index < -0.39 is 5.97 Å². The molecule has 0 atom stereocenters. The van der Waals surface area contributed by atoms with Crippen molar-refractivity contribution in [1.82, 2.24) is 0 Å². The van der Waals surface area contributed by atoms with Gasteiger partial charge in [-0.2, -0.15) is 0 Å². The quantitative estimate of drug-likeness (QED) is 0.562. The van der Waals surface area contributed by atoms with E-state index in [0.717, 1.165) is 17.4 Å². The zero-order chi connectivity index (χ0) is 17.8. The summed E-state index contributed by atoms with van der Waals surface area (Å²) < 4.78 is 5.08. The van der Waals surface area contributed by atoms with E-state index >= 15 is 0 Å². The van der Waals surface area contributed by atoms with Crippen molar-refractivity contribution in [2.75, 3.05) is 6.61 Å². The smallest absolute Gasteiger partial charge is 0.342 e. The number of phenolic OH excluding ortho intramolecular Hbond substituents is 1. The molecule has 0 unspecified atom stereocenters. The average Bonchev–Trinajstić information content (AvgIpc) is 2.66. The fourth-order valence-electron chi connectivity index (χ4n) is 2.64. The molecular weight excluding hydrogens is 316 g/mol. The molecule has 1 N–H and O–H groups in total. The largest absolute Gasteiger partial charge is 0.506 e. The lowest BCUT2D eigenvalue weighted by molar-refractivity contribution is 0.0472. The molecule has 3 aromatic rings. The maximum absolute atomic E-state index is 12.2. The zero-order valence-electron chi connectivity index (χ0n) is 13.9. The van der Waals surface area contributed by atoms with Gasteiger partial charge < -0.3 is 9.84 Å². The van der Waals surface area contributed by atoms with Crippen LogP contribution in [0.2, 0.25) is 0 Å². The van der Waals surface area contributed by atoms with Crippen molar-refractivity contribution in [2.45, 2.75) is 13.3 Å². The van der Waals surface area contributed by atoms with E-state index in [4.69, 9.17) is 4.74 Å². The van der Waals surface area contributed by atoms with Crippen molar-refractivity contribution in [2.24, 2.45) is 0 Å². The Morgan fingerprint density at radius 1 is 0.960 bits per heavy atom. The maximum Gasteiger partial charge on any atom is 0.342 e. The van der Waals surface area contributed by atoms with Crippen molar-refractivity contribution < 1.29 is 19.4 Å². The number of hydrogen-bond acceptors (Lipinski definition) is 4. The molecule has 25 heavy (non-hydrogen) atoms. The zero-order valence-corrected chi connectivity index (χ0v) is 13.9. The minimum atomic E-state index is -0.721. The van der Waals surface area contributed by atoms with E-state index in [2.05, 4.69) is 0 Å². The first-order valence-electron chi connectivity index (χ1n) is 8.10. The van der Waals surface area contributed by atoms with Crippen LogP contribution in [-0.2, 0) is 11.2 Å². The summed E-state index contributed by atoms with van der Waals surface area (Å²) in [6, 6.07) is 17.6. The van der Waals surface area contributed by atoms with Gasteiger partial charge in [-0.15, -0.1) is 0 Å². The molecule has 0 aliphatic heterocycles. The van der Waals surface area contributed by atoms with Gasteiger partial charge in [0.05, 0.1) is 0 Å². The molecule has 0 aromatic heterocycles. The SMILES string of the molecule is CCc1ccc(C(=O)COC(=O)c2ccc3ccccc3c2O)cc1. The first-order valence-corrected chi connectivity index (χ1v) is 8.10. The van der Waals surface area contributed by atoms with Crippen molar-refractivity contribution in [1.29, 1.82) is 0 Å². The Kier molecular flexibility index (Phi) is 4.80. The number of Topliss-reactive ketones (excluding diaryl/α,β-unsaturated/α-hetero) is 1. The Hall–Kier alpha value is -3.14. The van der Waals surface area contributed by atoms with E-state index in [1.165, 1.54) is 6.07 Å². The second-order valence-electron chi connectivity index (χ2n) is 5.73. The summed E-state index contributed by atoms with van der Waals surface area (Å²) in [6.07, 6.45) is 0.894. The number of benzene rings is 3. The molecule has 0 bridgehead atoms. The highest BCUT2D eigenvalue weighted by Crippen LogP contribution is 2.29. The lowest BCUT2D eigenvalue weighted by Gasteiger charge is -2.08. The van der Waals surface area contributed by atoms with Gasteiger partial charge in [0, 0.05) is 10.9 Å². The van der Waals surface area contributed by atoms with Gasteiger partial charge in [-0.05, 0) is 23.4 Å². The van der Waals surface area contributed by atoms with Gasteiger partial charge in [0.1, 0.15) is 11.3 Å². The monoisotopic (exact) mass is 334 g/mol. The molecule has 0 aliphatic rings. The van der Waals surface area contributed by atoms with Crippen LogP contribution >= 0.6 is 0 Å². The van der Waals surface area contributed by atoms with Crippen molar-refractivity contribution in [3.8, 4) is 5.75 Å². The van der Waals surface area contributed by atoms with E-state index in [1.807, 2.05) is 31.2 Å². The van der Waals surface area contributed by atoms with E-state index in [1.54, 1.807) is 30.3 Å². The van der Waals surface area contributed by atoms with Gasteiger partial charge in [-0.1, -0.05) is 61.5 Å². The van der Waals surface area contributed by atoms with Crippen molar-refractivity contribution in [3.05, 3.63) is 77.4 Å². The molecule has 0 spiro atoms. The Labute approximate surface area is 145 Å². The molecule has 0 saturated heterocycles. The first kappa shape index (κ1) is 16.7. The summed E-state index contributed by atoms with van der Waals surface area (Å²) >= 11 is 0. The first-order chi connectivity index (χ1) is 12.1. The molecular formula is C21H18O4. The summed E-state index contributed by atoms with van der Waals surface area (Å²) in [7, 11) is 0. The molecule has 0 saturated carbocycles. The number of rotatable bonds is 5. The predicted molar refractivity (Wildman–Crippen MR) is 96.0 cm³/mol. The van der Waals surface area contributed by atoms with Crippen LogP contribution in [0.15, 0.2) is 60.7 Å². The fourth-order valence-corrected chi connectivity index (χ4v) is 2.64. The third-order valence-electron chi connectivity index (χ3n) is 4.14. The molecule has 0 radical (unpaired) electrons. The molecule has 126 valence electrons. The molecule has 3 rings (SSSR count). The van der Waals surface area contributed by atoms with Crippen molar-refractivity contribution in [3.63, 3.8) is 0 Å². The van der Waals surface area contributed by atoms with Crippen LogP contribution in [0, 0.1) is 0 Å². The van der Waals surface area contributed by atoms with Crippen LogP contribution in [0.4, 0.5) is 0 Å². The number of aryl methyl sites for hydroxylation is 1. The molecule has 4 nitrogen and oxygen atoms in total. The molecule has 0 fully saturated rings. The second-order valence-corrected chi connectivity index (χ2v) is 5.73. The highest BCUT2D eigenvalue weighted by molar-refractivity contribution is 6.03. The van der Waals surface area contributed by atoms with E-state index in [0.29, 0.717) is 10.9 Å². The Balaban J connectivity index is 1.72. The number of aromatic hydroxyl groups is 1. The normalized spacial score (nSPS) is 10.6. The molecule has 3 aromatic carbocycles. The van der Waals surface area contributed by atoms with Gasteiger partial charge in [-0.3, -0.25) is 4.79 Å². The standard InChI is InChI=1S/C21H18O4/c1-2-14-7-9-16(10-8-14)19(22)13-25-21(24)18-12-11-15-5-3-4-6-17(15)20(18)23/h3-12,23H,2,13H2,1H3. The van der Waals surface area contributed by atoms with Crippen LogP contribution in [0.5, 0.6) is 5.75 Å². The van der Waals surface area contributed by atoms with E-state index in [9.17, 15) is 14.7 Å². The molecule has 0 amide bonds. The number of esters is 1. The summed E-state index contributed by atoms with van der Waals surface area (Å²) in [5, 5.41) is 11.7. The highest BCUT2D eigenvalue weighted by Gasteiger charge is 2.17. The Morgan fingerprint density at radius 2 is 1.68 bits per heavy atom. The van der Waals surface area contributed by atoms with Gasteiger partial charge in [0.15, 0.2) is 12.4 Å². The van der Waals surface area contributed by atoms with Gasteiger partial charge in [0.2, 0.25) is 0 Å². The average molecular weight is 334 g/mol. The highest BCUT2D eigenvalue weighted by atomic mass is 16.5. The van der Waals surface area contributed by atoms with Crippen LogP contribution in [0.1, 0.15) is 33.2 Å². The number of phenols is 1. The maximum atomic E-state index is 12.2. The summed E-state index contributed by atoms with van der Waals surface area (Å²) in [4.78, 5) is 24.3. The van der Waals surface area contributed by atoms with Crippen molar-refractivity contribution >= 4 is 22.5 Å². The van der Waals surface area contributed by atoms with E-state index in [-0.39, 0.29) is 23.7 Å². The van der Waals surface area contributed by atoms with Crippen LogP contribution < -0.4 is 0 Å². The van der Waals surface area contributed by atoms with Gasteiger partial charge in [0.25, 0.3) is 0 Å². The minimum absolute atomic E-state index is 0.0489. The van der Waals surface area contributed by atoms with Crippen LogP contribution in [0.3, 0.4) is 0 Å². The molecule has 0 aliphatic carbocycles. The minimum Gasteiger partial charge on any atom is -0.506 e. The van der Waals surface area contributed by atoms with Crippen LogP contribution in [-0.4, -0.2) is 23.5 Å². The van der Waals surface area contributed by atoms with Gasteiger partial charge in [-0.25, -0.2) is 4.79 Å². The number of carbonyl (C=O) groups excluding carboxylic acids is 2. The summed E-state index contributed by atoms with van der Waals surface area (Å²) in [5.74, 6) is -1.14. The van der Waals surface area contributed by atoms with Crippen LogP contribution in [0.25, 0.3) is 10.8 Å². The van der Waals surface area contributed by atoms with Gasteiger partial charge >= 0.3 is 5.97 Å². The third kappa shape index (κ3) is 3.53. The summed E-state index contributed by atoms with van der Waals surface area (Å²) in [6.45, 7) is 1.67. The molecule has 4 heteroatoms. The predicted octanol–water partition coefficient (Wildman–Crippen LogP) is 4.15. The third-order valence-corrected chi connectivity index (χ3v) is 4.14. The number of carbonyl (C=O) groups is 2. The second kappa shape index (κ2) is 7.18. The number of ketones is 1.